The predicted molar refractivity (Wildman–Crippen MR) is 109 cm³/mol. The summed E-state index contributed by atoms with van der Waals surface area (Å²) in [6.07, 6.45) is 1.53. The van der Waals surface area contributed by atoms with E-state index in [1.165, 1.54) is 0 Å². The second-order valence-electron chi connectivity index (χ2n) is 7.77. The van der Waals surface area contributed by atoms with Crippen LogP contribution >= 0.6 is 0 Å². The van der Waals surface area contributed by atoms with E-state index in [0.717, 1.165) is 12.0 Å². The number of carbonyl (C=O) groups excluding carboxylic acids is 4. The third kappa shape index (κ3) is 3.01. The molecule has 0 saturated carbocycles. The normalized spacial score (nSPS) is 21.9. The van der Waals surface area contributed by atoms with Crippen LogP contribution < -0.4 is 16.0 Å². The molecular weight excluding hydrogens is 384 g/mol. The SMILES string of the molecule is O=C(C[C@@H]1NC(=O)c2ccccc21)Nc1ccc2c(c1)C(=O)N1CCC[C@@H]1C(=O)N2. The minimum absolute atomic E-state index is 0.0821. The Hall–Kier alpha value is -3.68. The topological polar surface area (TPSA) is 108 Å². The average Bonchev–Trinajstić information content (AvgIpc) is 3.32. The first-order chi connectivity index (χ1) is 14.5. The highest BCUT2D eigenvalue weighted by molar-refractivity contribution is 6.11. The van der Waals surface area contributed by atoms with Crippen molar-refractivity contribution in [2.45, 2.75) is 31.3 Å². The van der Waals surface area contributed by atoms with Crippen LogP contribution in [0.5, 0.6) is 0 Å². The van der Waals surface area contributed by atoms with Crippen molar-refractivity contribution in [2.75, 3.05) is 17.2 Å². The van der Waals surface area contributed by atoms with E-state index in [0.29, 0.717) is 35.5 Å². The summed E-state index contributed by atoms with van der Waals surface area (Å²) in [4.78, 5) is 51.6. The van der Waals surface area contributed by atoms with E-state index < -0.39 is 6.04 Å². The molecule has 0 spiro atoms. The van der Waals surface area contributed by atoms with E-state index in [1.54, 1.807) is 35.2 Å². The third-order valence-electron chi connectivity index (χ3n) is 5.88. The van der Waals surface area contributed by atoms with E-state index in [4.69, 9.17) is 0 Å². The Balaban J connectivity index is 1.34. The molecule has 2 aromatic rings. The second-order valence-corrected chi connectivity index (χ2v) is 7.77. The first-order valence-corrected chi connectivity index (χ1v) is 9.97. The summed E-state index contributed by atoms with van der Waals surface area (Å²) in [5.74, 6) is -0.845. The van der Waals surface area contributed by atoms with Gasteiger partial charge >= 0.3 is 0 Å². The molecule has 0 bridgehead atoms. The fourth-order valence-corrected chi connectivity index (χ4v) is 4.44. The molecule has 5 rings (SSSR count). The Morgan fingerprint density at radius 3 is 2.80 bits per heavy atom. The highest BCUT2D eigenvalue weighted by Gasteiger charge is 2.38. The molecule has 1 saturated heterocycles. The number of nitrogens with zero attached hydrogens (tertiary/aromatic N) is 1. The van der Waals surface area contributed by atoms with Gasteiger partial charge < -0.3 is 20.9 Å². The maximum atomic E-state index is 12.9. The molecule has 0 radical (unpaired) electrons. The van der Waals surface area contributed by atoms with E-state index in [2.05, 4.69) is 16.0 Å². The number of rotatable bonds is 3. The van der Waals surface area contributed by atoms with Crippen molar-refractivity contribution in [3.05, 3.63) is 59.2 Å². The summed E-state index contributed by atoms with van der Waals surface area (Å²) in [6.45, 7) is 0.549. The first kappa shape index (κ1) is 18.4. The summed E-state index contributed by atoms with van der Waals surface area (Å²) < 4.78 is 0. The highest BCUT2D eigenvalue weighted by atomic mass is 16.2. The van der Waals surface area contributed by atoms with Crippen molar-refractivity contribution in [1.82, 2.24) is 10.2 Å². The van der Waals surface area contributed by atoms with Crippen LogP contribution in [0.25, 0.3) is 0 Å². The average molecular weight is 404 g/mol. The zero-order valence-corrected chi connectivity index (χ0v) is 16.1. The van der Waals surface area contributed by atoms with E-state index in [-0.39, 0.29) is 36.1 Å². The van der Waals surface area contributed by atoms with Gasteiger partial charge in [0.2, 0.25) is 11.8 Å². The molecule has 8 nitrogen and oxygen atoms in total. The molecule has 2 atom stereocenters. The monoisotopic (exact) mass is 404 g/mol. The van der Waals surface area contributed by atoms with Crippen LogP contribution in [0.3, 0.4) is 0 Å². The van der Waals surface area contributed by atoms with Crippen LogP contribution in [-0.4, -0.2) is 41.1 Å². The number of fused-ring (bicyclic) bond motifs is 3. The molecule has 8 heteroatoms. The van der Waals surface area contributed by atoms with Crippen molar-refractivity contribution < 1.29 is 19.2 Å². The van der Waals surface area contributed by atoms with Gasteiger partial charge in [-0.05, 0) is 42.7 Å². The molecule has 3 aliphatic heterocycles. The quantitative estimate of drug-likeness (QED) is 0.728. The van der Waals surface area contributed by atoms with Gasteiger partial charge in [-0.2, -0.15) is 0 Å². The van der Waals surface area contributed by atoms with Gasteiger partial charge in [-0.25, -0.2) is 0 Å². The van der Waals surface area contributed by atoms with Crippen LogP contribution in [0.4, 0.5) is 11.4 Å². The molecule has 0 aromatic heterocycles. The fourth-order valence-electron chi connectivity index (χ4n) is 4.44. The molecule has 2 aromatic carbocycles. The van der Waals surface area contributed by atoms with Gasteiger partial charge in [0, 0.05) is 17.8 Å². The largest absolute Gasteiger partial charge is 0.345 e. The maximum Gasteiger partial charge on any atom is 0.256 e. The molecule has 30 heavy (non-hydrogen) atoms. The van der Waals surface area contributed by atoms with Gasteiger partial charge in [0.25, 0.3) is 11.8 Å². The second kappa shape index (κ2) is 6.98. The molecule has 4 amide bonds. The Morgan fingerprint density at radius 2 is 1.93 bits per heavy atom. The Morgan fingerprint density at radius 1 is 1.10 bits per heavy atom. The van der Waals surface area contributed by atoms with Gasteiger partial charge in [0.15, 0.2) is 0 Å². The van der Waals surface area contributed by atoms with Gasteiger partial charge in [0.05, 0.1) is 23.7 Å². The molecular formula is C22H20N4O4. The van der Waals surface area contributed by atoms with Crippen LogP contribution in [0.1, 0.15) is 51.6 Å². The standard InChI is InChI=1S/C22H20N4O4/c27-19(11-17-13-4-1-2-5-14(13)20(28)25-17)23-12-7-8-16-15(10-12)22(30)26-9-3-6-18(26)21(29)24-16/h1-2,4-5,7-8,10,17-18H,3,6,9,11H2,(H,23,27)(H,24,29)(H,25,28)/t17-,18+/m0/s1. The smallest absolute Gasteiger partial charge is 0.256 e. The molecule has 3 aliphatic rings. The first-order valence-electron chi connectivity index (χ1n) is 9.97. The zero-order chi connectivity index (χ0) is 20.8. The van der Waals surface area contributed by atoms with E-state index in [9.17, 15) is 19.2 Å². The van der Waals surface area contributed by atoms with Crippen LogP contribution in [0, 0.1) is 0 Å². The summed E-state index contributed by atoms with van der Waals surface area (Å²) in [7, 11) is 0. The van der Waals surface area contributed by atoms with Crippen molar-refractivity contribution in [1.29, 1.82) is 0 Å². The number of benzene rings is 2. The zero-order valence-electron chi connectivity index (χ0n) is 16.1. The Kier molecular flexibility index (Phi) is 4.27. The lowest BCUT2D eigenvalue weighted by atomic mass is 10.0. The Labute approximate surface area is 172 Å². The van der Waals surface area contributed by atoms with Crippen molar-refractivity contribution in [3.8, 4) is 0 Å². The predicted octanol–water partition coefficient (Wildman–Crippen LogP) is 2.06. The molecule has 3 heterocycles. The summed E-state index contributed by atoms with van der Waals surface area (Å²) in [6, 6.07) is 11.3. The van der Waals surface area contributed by atoms with Crippen molar-refractivity contribution in [2.24, 2.45) is 0 Å². The van der Waals surface area contributed by atoms with E-state index >= 15 is 0 Å². The number of carbonyl (C=O) groups is 4. The lowest BCUT2D eigenvalue weighted by Crippen LogP contribution is -2.40. The lowest BCUT2D eigenvalue weighted by Gasteiger charge is -2.20. The van der Waals surface area contributed by atoms with Crippen molar-refractivity contribution >= 4 is 35.0 Å². The van der Waals surface area contributed by atoms with Crippen LogP contribution in [0.2, 0.25) is 0 Å². The Bertz CT molecular complexity index is 1100. The van der Waals surface area contributed by atoms with Crippen molar-refractivity contribution in [3.63, 3.8) is 0 Å². The van der Waals surface area contributed by atoms with Gasteiger partial charge in [-0.3, -0.25) is 19.2 Å². The third-order valence-corrected chi connectivity index (χ3v) is 5.88. The minimum atomic E-state index is -0.436. The van der Waals surface area contributed by atoms with Gasteiger partial charge in [-0.1, -0.05) is 18.2 Å². The maximum absolute atomic E-state index is 12.9. The number of hydrogen-bond acceptors (Lipinski definition) is 4. The molecule has 152 valence electrons. The minimum Gasteiger partial charge on any atom is -0.345 e. The molecule has 3 N–H and O–H groups in total. The molecule has 1 fully saturated rings. The highest BCUT2D eigenvalue weighted by Crippen LogP contribution is 2.31. The number of nitrogens with one attached hydrogen (secondary N) is 3. The number of anilines is 2. The van der Waals surface area contributed by atoms with Gasteiger partial charge in [-0.15, -0.1) is 0 Å². The summed E-state index contributed by atoms with van der Waals surface area (Å²) in [5.41, 5.74) is 2.68. The van der Waals surface area contributed by atoms with Gasteiger partial charge in [0.1, 0.15) is 6.04 Å². The van der Waals surface area contributed by atoms with E-state index in [1.807, 2.05) is 12.1 Å². The van der Waals surface area contributed by atoms with Crippen LogP contribution in [-0.2, 0) is 9.59 Å². The number of amides is 4. The fraction of sp³-hybridized carbons (Fsp3) is 0.273. The number of hydrogen-bond donors (Lipinski definition) is 3. The summed E-state index contributed by atoms with van der Waals surface area (Å²) >= 11 is 0. The van der Waals surface area contributed by atoms with Crippen LogP contribution in [0.15, 0.2) is 42.5 Å². The molecule has 0 aliphatic carbocycles. The lowest BCUT2D eigenvalue weighted by molar-refractivity contribution is -0.119. The molecule has 0 unspecified atom stereocenters. The summed E-state index contributed by atoms with van der Waals surface area (Å²) in [5, 5.41) is 8.44.